The summed E-state index contributed by atoms with van der Waals surface area (Å²) in [6, 6.07) is 10.9. The van der Waals surface area contributed by atoms with E-state index in [-0.39, 0.29) is 18.0 Å². The highest BCUT2D eigenvalue weighted by molar-refractivity contribution is 5.97. The van der Waals surface area contributed by atoms with E-state index in [0.717, 1.165) is 16.8 Å². The molecule has 0 spiro atoms. The van der Waals surface area contributed by atoms with Gasteiger partial charge in [-0.2, -0.15) is 0 Å². The van der Waals surface area contributed by atoms with E-state index in [9.17, 15) is 9.59 Å². The molecule has 0 aliphatic heterocycles. The van der Waals surface area contributed by atoms with Crippen molar-refractivity contribution < 1.29 is 28.2 Å². The molecule has 1 heterocycles. The number of ether oxygens (including phenoxy) is 3. The van der Waals surface area contributed by atoms with Crippen LogP contribution in [0.25, 0.3) is 11.5 Å². The van der Waals surface area contributed by atoms with E-state index in [2.05, 4.69) is 15.6 Å². The van der Waals surface area contributed by atoms with Crippen LogP contribution in [0.3, 0.4) is 0 Å². The van der Waals surface area contributed by atoms with Crippen molar-refractivity contribution in [2.24, 2.45) is 0 Å². The number of nitrogens with zero attached hydrogens (tertiary/aromatic N) is 1. The van der Waals surface area contributed by atoms with Gasteiger partial charge < -0.3 is 29.3 Å². The van der Waals surface area contributed by atoms with Gasteiger partial charge in [-0.3, -0.25) is 9.59 Å². The fourth-order valence-electron chi connectivity index (χ4n) is 3.12. The first-order valence-electron chi connectivity index (χ1n) is 10.3. The lowest BCUT2D eigenvalue weighted by atomic mass is 10.1. The summed E-state index contributed by atoms with van der Waals surface area (Å²) in [5.74, 6) is 0.858. The normalized spacial score (nSPS) is 10.4. The molecule has 0 radical (unpaired) electrons. The maximum atomic E-state index is 12.5. The minimum absolute atomic E-state index is 0.178. The Morgan fingerprint density at radius 3 is 2.24 bits per heavy atom. The second-order valence-electron chi connectivity index (χ2n) is 7.21. The van der Waals surface area contributed by atoms with Crippen LogP contribution in [0, 0.1) is 6.92 Å². The Morgan fingerprint density at radius 2 is 1.64 bits per heavy atom. The molecule has 1 aromatic heterocycles. The Bertz CT molecular complexity index is 1080. The van der Waals surface area contributed by atoms with Crippen LogP contribution in [0.1, 0.15) is 21.6 Å². The smallest absolute Gasteiger partial charge is 0.251 e. The predicted molar refractivity (Wildman–Crippen MR) is 122 cm³/mol. The highest BCUT2D eigenvalue weighted by atomic mass is 16.5. The summed E-state index contributed by atoms with van der Waals surface area (Å²) < 4.78 is 21.3. The topological polar surface area (TPSA) is 112 Å². The third-order valence-corrected chi connectivity index (χ3v) is 4.89. The SMILES string of the molecule is COc1cc(C(=O)NCC(=O)NCCc2coc(-c3ccc(C)cc3)n2)cc(OC)c1OC. The van der Waals surface area contributed by atoms with E-state index in [1.807, 2.05) is 31.2 Å². The molecule has 0 fully saturated rings. The van der Waals surface area contributed by atoms with Gasteiger partial charge in [-0.15, -0.1) is 0 Å². The minimum atomic E-state index is -0.441. The van der Waals surface area contributed by atoms with Crippen molar-refractivity contribution in [3.8, 4) is 28.7 Å². The number of methoxy groups -OCH3 is 3. The summed E-state index contributed by atoms with van der Waals surface area (Å²) in [6.45, 7) is 2.20. The van der Waals surface area contributed by atoms with Gasteiger partial charge in [-0.05, 0) is 31.2 Å². The van der Waals surface area contributed by atoms with E-state index < -0.39 is 5.91 Å². The number of carbonyl (C=O) groups is 2. The number of rotatable bonds is 10. The van der Waals surface area contributed by atoms with Crippen LogP contribution < -0.4 is 24.8 Å². The van der Waals surface area contributed by atoms with Gasteiger partial charge in [0.05, 0.1) is 33.6 Å². The average Bonchev–Trinajstić information content (AvgIpc) is 3.30. The Morgan fingerprint density at radius 1 is 0.970 bits per heavy atom. The van der Waals surface area contributed by atoms with Crippen molar-refractivity contribution in [2.75, 3.05) is 34.4 Å². The van der Waals surface area contributed by atoms with E-state index in [4.69, 9.17) is 18.6 Å². The second-order valence-corrected chi connectivity index (χ2v) is 7.21. The van der Waals surface area contributed by atoms with Crippen LogP contribution in [0.5, 0.6) is 17.2 Å². The van der Waals surface area contributed by atoms with Gasteiger partial charge in [-0.25, -0.2) is 4.98 Å². The lowest BCUT2D eigenvalue weighted by molar-refractivity contribution is -0.120. The van der Waals surface area contributed by atoms with Crippen LogP contribution in [-0.2, 0) is 11.2 Å². The molecule has 0 saturated heterocycles. The zero-order valence-corrected chi connectivity index (χ0v) is 19.1. The molecule has 2 amide bonds. The largest absolute Gasteiger partial charge is 0.493 e. The first-order chi connectivity index (χ1) is 15.9. The number of aryl methyl sites for hydroxylation is 1. The van der Waals surface area contributed by atoms with E-state index in [0.29, 0.717) is 36.1 Å². The molecule has 0 unspecified atom stereocenters. The summed E-state index contributed by atoms with van der Waals surface area (Å²) >= 11 is 0. The molecular formula is C24H27N3O6. The monoisotopic (exact) mass is 453 g/mol. The van der Waals surface area contributed by atoms with Crippen molar-refractivity contribution >= 4 is 11.8 Å². The van der Waals surface area contributed by atoms with Gasteiger partial charge >= 0.3 is 0 Å². The Hall–Kier alpha value is -4.01. The number of nitrogens with one attached hydrogen (secondary N) is 2. The number of hydrogen-bond donors (Lipinski definition) is 2. The fourth-order valence-corrected chi connectivity index (χ4v) is 3.12. The molecule has 0 aliphatic rings. The van der Waals surface area contributed by atoms with Crippen LogP contribution in [0.15, 0.2) is 47.1 Å². The van der Waals surface area contributed by atoms with Gasteiger partial charge in [0.2, 0.25) is 17.5 Å². The summed E-state index contributed by atoms with van der Waals surface area (Å²) in [7, 11) is 4.41. The number of oxazole rings is 1. The molecule has 0 aliphatic carbocycles. The molecule has 33 heavy (non-hydrogen) atoms. The summed E-state index contributed by atoms with van der Waals surface area (Å²) in [5.41, 5.74) is 3.06. The van der Waals surface area contributed by atoms with Crippen molar-refractivity contribution in [2.45, 2.75) is 13.3 Å². The van der Waals surface area contributed by atoms with E-state index in [1.165, 1.54) is 33.5 Å². The van der Waals surface area contributed by atoms with Gasteiger partial charge in [-0.1, -0.05) is 17.7 Å². The standard InChI is InChI=1S/C24H27N3O6/c1-15-5-7-16(8-6-15)24-27-18(14-33-24)9-10-25-21(28)13-26-23(29)17-11-19(30-2)22(32-4)20(12-17)31-3/h5-8,11-12,14H,9-10,13H2,1-4H3,(H,25,28)(H,26,29). The Labute approximate surface area is 192 Å². The number of carbonyl (C=O) groups excluding carboxylic acids is 2. The molecule has 0 saturated carbocycles. The molecule has 2 aromatic carbocycles. The fraction of sp³-hybridized carbons (Fsp3) is 0.292. The number of aromatic nitrogens is 1. The number of benzene rings is 2. The van der Waals surface area contributed by atoms with E-state index >= 15 is 0 Å². The molecule has 9 nitrogen and oxygen atoms in total. The molecule has 3 rings (SSSR count). The van der Waals surface area contributed by atoms with Crippen molar-refractivity contribution in [1.82, 2.24) is 15.6 Å². The average molecular weight is 453 g/mol. The van der Waals surface area contributed by atoms with Gasteiger partial charge in [0.1, 0.15) is 6.26 Å². The number of amides is 2. The zero-order chi connectivity index (χ0) is 23.8. The van der Waals surface area contributed by atoms with Gasteiger partial charge in [0.15, 0.2) is 11.5 Å². The molecule has 0 bridgehead atoms. The Kier molecular flexibility index (Phi) is 7.91. The predicted octanol–water partition coefficient (Wildman–Crippen LogP) is 2.76. The van der Waals surface area contributed by atoms with Crippen LogP contribution in [0.2, 0.25) is 0 Å². The molecule has 0 atom stereocenters. The van der Waals surface area contributed by atoms with Gasteiger partial charge in [0, 0.05) is 24.1 Å². The van der Waals surface area contributed by atoms with E-state index in [1.54, 1.807) is 6.26 Å². The van der Waals surface area contributed by atoms with Crippen molar-refractivity contribution in [3.05, 3.63) is 59.5 Å². The minimum Gasteiger partial charge on any atom is -0.493 e. The summed E-state index contributed by atoms with van der Waals surface area (Å²) in [5, 5.41) is 5.33. The Balaban J connectivity index is 1.48. The van der Waals surface area contributed by atoms with Crippen molar-refractivity contribution in [3.63, 3.8) is 0 Å². The molecule has 174 valence electrons. The third kappa shape index (κ3) is 6.03. The molecule has 9 heteroatoms. The van der Waals surface area contributed by atoms with Crippen molar-refractivity contribution in [1.29, 1.82) is 0 Å². The van der Waals surface area contributed by atoms with Crippen LogP contribution in [-0.4, -0.2) is 51.2 Å². The third-order valence-electron chi connectivity index (χ3n) is 4.89. The first kappa shape index (κ1) is 23.6. The quantitative estimate of drug-likeness (QED) is 0.485. The molecule has 3 aromatic rings. The van der Waals surface area contributed by atoms with Gasteiger partial charge in [0.25, 0.3) is 5.91 Å². The summed E-state index contributed by atoms with van der Waals surface area (Å²) in [6.07, 6.45) is 2.08. The summed E-state index contributed by atoms with van der Waals surface area (Å²) in [4.78, 5) is 29.1. The molecule has 2 N–H and O–H groups in total. The second kappa shape index (κ2) is 11.0. The highest BCUT2D eigenvalue weighted by Gasteiger charge is 2.17. The zero-order valence-electron chi connectivity index (χ0n) is 19.1. The molecular weight excluding hydrogens is 426 g/mol. The highest BCUT2D eigenvalue weighted by Crippen LogP contribution is 2.38. The van der Waals surface area contributed by atoms with Crippen LogP contribution in [0.4, 0.5) is 0 Å². The van der Waals surface area contributed by atoms with Crippen LogP contribution >= 0.6 is 0 Å². The lowest BCUT2D eigenvalue weighted by Crippen LogP contribution is -2.37. The maximum absolute atomic E-state index is 12.5. The maximum Gasteiger partial charge on any atom is 0.251 e. The first-order valence-corrected chi connectivity index (χ1v) is 10.3. The number of hydrogen-bond acceptors (Lipinski definition) is 7. The lowest BCUT2D eigenvalue weighted by Gasteiger charge is -2.14.